The summed E-state index contributed by atoms with van der Waals surface area (Å²) < 4.78 is 22.4. The van der Waals surface area contributed by atoms with Crippen LogP contribution in [0.2, 0.25) is 0 Å². The van der Waals surface area contributed by atoms with Gasteiger partial charge in [-0.1, -0.05) is 36.4 Å². The first kappa shape index (κ1) is 17.1. The Kier molecular flexibility index (Phi) is 4.28. The van der Waals surface area contributed by atoms with Crippen molar-refractivity contribution >= 4 is 10.8 Å². The highest BCUT2D eigenvalue weighted by molar-refractivity contribution is 5.90. The lowest BCUT2D eigenvalue weighted by atomic mass is 9.93. The largest absolute Gasteiger partial charge is 0.493 e. The molecule has 27 heavy (non-hydrogen) atoms. The van der Waals surface area contributed by atoms with Crippen LogP contribution in [-0.4, -0.2) is 21.3 Å². The van der Waals surface area contributed by atoms with E-state index in [1.54, 1.807) is 21.3 Å². The van der Waals surface area contributed by atoms with E-state index in [4.69, 9.17) is 18.9 Å². The average Bonchev–Trinajstić information content (AvgIpc) is 2.71. The summed E-state index contributed by atoms with van der Waals surface area (Å²) in [5.74, 6) is 3.09. The van der Waals surface area contributed by atoms with E-state index in [1.165, 1.54) is 0 Å². The Labute approximate surface area is 158 Å². The normalized spacial score (nSPS) is 15.5. The Morgan fingerprint density at radius 2 is 1.63 bits per heavy atom. The molecule has 1 heterocycles. The molecule has 0 amide bonds. The molecule has 3 aromatic rings. The van der Waals surface area contributed by atoms with Crippen LogP contribution in [0.25, 0.3) is 10.8 Å². The lowest BCUT2D eigenvalue weighted by Crippen LogP contribution is -2.29. The quantitative estimate of drug-likeness (QED) is 0.744. The van der Waals surface area contributed by atoms with Crippen molar-refractivity contribution in [1.29, 1.82) is 0 Å². The third-order valence-corrected chi connectivity index (χ3v) is 4.77. The van der Waals surface area contributed by atoms with Crippen LogP contribution in [0.5, 0.6) is 23.0 Å². The molecule has 0 aromatic heterocycles. The van der Waals surface area contributed by atoms with Crippen molar-refractivity contribution in [2.45, 2.75) is 6.04 Å². The van der Waals surface area contributed by atoms with Gasteiger partial charge in [0.05, 0.1) is 27.4 Å². The summed E-state index contributed by atoms with van der Waals surface area (Å²) in [7, 11) is 4.81. The van der Waals surface area contributed by atoms with E-state index in [0.717, 1.165) is 27.6 Å². The fraction of sp³-hybridized carbons (Fsp3) is 0.182. The van der Waals surface area contributed by atoms with Crippen LogP contribution >= 0.6 is 0 Å². The smallest absolute Gasteiger partial charge is 0.203 e. The van der Waals surface area contributed by atoms with E-state index in [0.29, 0.717) is 23.1 Å². The molecular weight excluding hydrogens is 342 g/mol. The summed E-state index contributed by atoms with van der Waals surface area (Å²) in [6, 6.07) is 16.0. The average molecular weight is 363 g/mol. The summed E-state index contributed by atoms with van der Waals surface area (Å²) in [6.07, 6.45) is 0. The minimum atomic E-state index is -0.153. The van der Waals surface area contributed by atoms with Gasteiger partial charge in [-0.3, -0.25) is 0 Å². The molecule has 0 saturated carbocycles. The van der Waals surface area contributed by atoms with Crippen LogP contribution in [0.3, 0.4) is 0 Å². The Balaban J connectivity index is 1.91. The van der Waals surface area contributed by atoms with Crippen LogP contribution < -0.4 is 24.3 Å². The zero-order chi connectivity index (χ0) is 19.0. The van der Waals surface area contributed by atoms with Crippen molar-refractivity contribution in [3.63, 3.8) is 0 Å². The molecule has 1 atom stereocenters. The molecular formula is C22H21NO4. The third-order valence-electron chi connectivity index (χ3n) is 4.77. The summed E-state index contributed by atoms with van der Waals surface area (Å²) in [5, 5.41) is 5.50. The highest BCUT2D eigenvalue weighted by Gasteiger charge is 2.28. The molecule has 0 spiro atoms. The Bertz CT molecular complexity index is 1000. The van der Waals surface area contributed by atoms with Gasteiger partial charge in [0.15, 0.2) is 17.4 Å². The van der Waals surface area contributed by atoms with Gasteiger partial charge in [-0.2, -0.15) is 0 Å². The third kappa shape index (κ3) is 2.81. The van der Waals surface area contributed by atoms with Crippen LogP contribution in [-0.2, 0) is 0 Å². The van der Waals surface area contributed by atoms with Gasteiger partial charge in [0.2, 0.25) is 5.75 Å². The second kappa shape index (κ2) is 6.76. The maximum atomic E-state index is 5.96. The monoisotopic (exact) mass is 363 g/mol. The second-order valence-corrected chi connectivity index (χ2v) is 6.27. The van der Waals surface area contributed by atoms with Crippen molar-refractivity contribution in [3.05, 3.63) is 72.1 Å². The standard InChI is InChI=1S/C22H21NO4/c1-13-23-20(15-11-18(24-2)22(26-4)19(12-15)25-3)17-10-9-14-7-5-6-8-16(14)21(17)27-13/h5-12,20,23H,1H2,2-4H3/t20-/m0/s1. The molecule has 1 aliphatic rings. The first-order valence-electron chi connectivity index (χ1n) is 8.61. The van der Waals surface area contributed by atoms with Crippen molar-refractivity contribution in [1.82, 2.24) is 5.32 Å². The number of nitrogens with one attached hydrogen (secondary N) is 1. The highest BCUT2D eigenvalue weighted by atomic mass is 16.5. The first-order chi connectivity index (χ1) is 13.2. The molecule has 5 nitrogen and oxygen atoms in total. The van der Waals surface area contributed by atoms with Crippen molar-refractivity contribution in [3.8, 4) is 23.0 Å². The fourth-order valence-electron chi connectivity index (χ4n) is 3.52. The number of ether oxygens (including phenoxy) is 4. The van der Waals surface area contributed by atoms with E-state index < -0.39 is 0 Å². The number of rotatable bonds is 4. The van der Waals surface area contributed by atoms with E-state index in [1.807, 2.05) is 24.3 Å². The number of hydrogen-bond acceptors (Lipinski definition) is 5. The summed E-state index contributed by atoms with van der Waals surface area (Å²) in [4.78, 5) is 0. The molecule has 4 rings (SSSR count). The maximum absolute atomic E-state index is 5.96. The number of methoxy groups -OCH3 is 3. The fourth-order valence-corrected chi connectivity index (χ4v) is 3.52. The first-order valence-corrected chi connectivity index (χ1v) is 8.61. The molecule has 1 aliphatic heterocycles. The molecule has 1 N–H and O–H groups in total. The SMILES string of the molecule is C=C1N[C@@H](c2cc(OC)c(OC)c(OC)c2)c2ccc3ccccc3c2O1. The second-order valence-electron chi connectivity index (χ2n) is 6.27. The maximum Gasteiger partial charge on any atom is 0.203 e. The number of fused-ring (bicyclic) bond motifs is 3. The molecule has 3 aromatic carbocycles. The molecule has 0 radical (unpaired) electrons. The van der Waals surface area contributed by atoms with Crippen LogP contribution in [0.1, 0.15) is 17.2 Å². The minimum Gasteiger partial charge on any atom is -0.493 e. The predicted molar refractivity (Wildman–Crippen MR) is 105 cm³/mol. The molecule has 0 saturated heterocycles. The van der Waals surface area contributed by atoms with Crippen molar-refractivity contribution < 1.29 is 18.9 Å². The van der Waals surface area contributed by atoms with E-state index in [-0.39, 0.29) is 6.04 Å². The van der Waals surface area contributed by atoms with Gasteiger partial charge < -0.3 is 24.3 Å². The Morgan fingerprint density at radius 1 is 0.926 bits per heavy atom. The Hall–Kier alpha value is -3.34. The zero-order valence-electron chi connectivity index (χ0n) is 15.5. The van der Waals surface area contributed by atoms with Gasteiger partial charge in [-0.25, -0.2) is 0 Å². The highest BCUT2D eigenvalue weighted by Crippen LogP contribution is 2.45. The minimum absolute atomic E-state index is 0.153. The number of benzene rings is 3. The van der Waals surface area contributed by atoms with Crippen molar-refractivity contribution in [2.75, 3.05) is 21.3 Å². The molecule has 0 aliphatic carbocycles. The summed E-state index contributed by atoms with van der Waals surface area (Å²) in [5.41, 5.74) is 1.99. The molecule has 5 heteroatoms. The van der Waals surface area contributed by atoms with Gasteiger partial charge in [0.1, 0.15) is 5.75 Å². The van der Waals surface area contributed by atoms with Gasteiger partial charge in [-0.05, 0) is 29.7 Å². The summed E-state index contributed by atoms with van der Waals surface area (Å²) in [6.45, 7) is 3.99. The van der Waals surface area contributed by atoms with Gasteiger partial charge >= 0.3 is 0 Å². The predicted octanol–water partition coefficient (Wildman–Crippen LogP) is 4.41. The van der Waals surface area contributed by atoms with E-state index in [2.05, 4.69) is 36.2 Å². The lowest BCUT2D eigenvalue weighted by Gasteiger charge is -2.31. The number of hydrogen-bond donors (Lipinski definition) is 1. The topological polar surface area (TPSA) is 49.0 Å². The van der Waals surface area contributed by atoms with Crippen LogP contribution in [0.15, 0.2) is 61.0 Å². The van der Waals surface area contributed by atoms with Crippen LogP contribution in [0.4, 0.5) is 0 Å². The lowest BCUT2D eigenvalue weighted by molar-refractivity contribution is 0.320. The van der Waals surface area contributed by atoms with Gasteiger partial charge in [-0.15, -0.1) is 0 Å². The van der Waals surface area contributed by atoms with E-state index in [9.17, 15) is 0 Å². The molecule has 0 fully saturated rings. The van der Waals surface area contributed by atoms with E-state index >= 15 is 0 Å². The van der Waals surface area contributed by atoms with Gasteiger partial charge in [0.25, 0.3) is 0 Å². The Morgan fingerprint density at radius 3 is 2.30 bits per heavy atom. The summed E-state index contributed by atoms with van der Waals surface area (Å²) >= 11 is 0. The molecule has 0 bridgehead atoms. The molecule has 138 valence electrons. The van der Waals surface area contributed by atoms with Crippen molar-refractivity contribution in [2.24, 2.45) is 0 Å². The van der Waals surface area contributed by atoms with Gasteiger partial charge in [0, 0.05) is 10.9 Å². The molecule has 0 unspecified atom stereocenters. The zero-order valence-corrected chi connectivity index (χ0v) is 15.5. The van der Waals surface area contributed by atoms with Crippen LogP contribution in [0, 0.1) is 0 Å².